The van der Waals surface area contributed by atoms with Crippen molar-refractivity contribution in [3.63, 3.8) is 0 Å². The lowest BCUT2D eigenvalue weighted by molar-refractivity contribution is 0.0950. The number of carbonyl (C=O) groups is 1. The Morgan fingerprint density at radius 1 is 1.21 bits per heavy atom. The minimum Gasteiger partial charge on any atom is -0.346 e. The second kappa shape index (κ2) is 7.08. The second-order valence-electron chi connectivity index (χ2n) is 6.03. The summed E-state index contributed by atoms with van der Waals surface area (Å²) in [6.45, 7) is 5.63. The van der Waals surface area contributed by atoms with Crippen molar-refractivity contribution < 1.29 is 4.79 Å². The van der Waals surface area contributed by atoms with Crippen molar-refractivity contribution in [1.82, 2.24) is 29.6 Å². The van der Waals surface area contributed by atoms with E-state index in [0.29, 0.717) is 18.0 Å². The van der Waals surface area contributed by atoms with Gasteiger partial charge < -0.3 is 9.88 Å². The molecule has 1 aromatic carbocycles. The molecular formula is C17H20N6O. The molecule has 0 bridgehead atoms. The molecule has 24 heavy (non-hydrogen) atoms. The van der Waals surface area contributed by atoms with E-state index in [4.69, 9.17) is 0 Å². The number of carbonyl (C=O) groups excluding carboxylic acids is 1. The van der Waals surface area contributed by atoms with Gasteiger partial charge in [0.1, 0.15) is 12.7 Å². The summed E-state index contributed by atoms with van der Waals surface area (Å²) in [6, 6.07) is 7.34. The van der Waals surface area contributed by atoms with E-state index in [1.807, 2.05) is 18.2 Å². The first-order valence-electron chi connectivity index (χ1n) is 7.86. The Morgan fingerprint density at radius 2 is 2.00 bits per heavy atom. The number of amides is 1. The van der Waals surface area contributed by atoms with E-state index in [0.717, 1.165) is 17.9 Å². The van der Waals surface area contributed by atoms with Crippen LogP contribution in [0.15, 0.2) is 49.4 Å². The fourth-order valence-corrected chi connectivity index (χ4v) is 2.47. The number of imidazole rings is 1. The average molecular weight is 324 g/mol. The number of hydrogen-bond donors (Lipinski definition) is 1. The zero-order valence-electron chi connectivity index (χ0n) is 13.8. The third kappa shape index (κ3) is 3.68. The second-order valence-corrected chi connectivity index (χ2v) is 6.03. The third-order valence-corrected chi connectivity index (χ3v) is 3.62. The Kier molecular flexibility index (Phi) is 4.69. The van der Waals surface area contributed by atoms with Crippen molar-refractivity contribution in [2.45, 2.75) is 26.9 Å². The summed E-state index contributed by atoms with van der Waals surface area (Å²) in [6.07, 6.45) is 6.79. The van der Waals surface area contributed by atoms with Crippen LogP contribution in [0, 0.1) is 5.92 Å². The number of rotatable bonds is 6. The van der Waals surface area contributed by atoms with Crippen molar-refractivity contribution in [2.75, 3.05) is 0 Å². The first-order chi connectivity index (χ1) is 11.6. The first kappa shape index (κ1) is 15.9. The van der Waals surface area contributed by atoms with Gasteiger partial charge in [0.25, 0.3) is 5.91 Å². The highest BCUT2D eigenvalue weighted by atomic mass is 16.1. The summed E-state index contributed by atoms with van der Waals surface area (Å²) >= 11 is 0. The van der Waals surface area contributed by atoms with E-state index in [1.54, 1.807) is 35.8 Å². The highest BCUT2D eigenvalue weighted by Crippen LogP contribution is 2.10. The van der Waals surface area contributed by atoms with E-state index in [-0.39, 0.29) is 5.91 Å². The third-order valence-electron chi connectivity index (χ3n) is 3.62. The van der Waals surface area contributed by atoms with Crippen molar-refractivity contribution in [3.8, 4) is 5.69 Å². The van der Waals surface area contributed by atoms with Crippen LogP contribution in [0.1, 0.15) is 29.9 Å². The highest BCUT2D eigenvalue weighted by molar-refractivity contribution is 5.94. The van der Waals surface area contributed by atoms with Crippen LogP contribution < -0.4 is 5.32 Å². The molecule has 7 heteroatoms. The average Bonchev–Trinajstić information content (AvgIpc) is 3.24. The predicted octanol–water partition coefficient (Wildman–Crippen LogP) is 2.05. The Hall–Kier alpha value is -2.96. The van der Waals surface area contributed by atoms with Gasteiger partial charge in [0.15, 0.2) is 0 Å². The van der Waals surface area contributed by atoms with E-state index < -0.39 is 0 Å². The summed E-state index contributed by atoms with van der Waals surface area (Å²) in [7, 11) is 0. The van der Waals surface area contributed by atoms with Crippen molar-refractivity contribution in [1.29, 1.82) is 0 Å². The minimum atomic E-state index is -0.123. The van der Waals surface area contributed by atoms with Crippen molar-refractivity contribution >= 4 is 5.91 Å². The van der Waals surface area contributed by atoms with Gasteiger partial charge in [-0.1, -0.05) is 19.9 Å². The Balaban J connectivity index is 1.68. The summed E-state index contributed by atoms with van der Waals surface area (Å²) in [5.74, 6) is 0.399. The Bertz CT molecular complexity index is 806. The molecule has 0 spiro atoms. The zero-order chi connectivity index (χ0) is 16.9. The molecule has 0 unspecified atom stereocenters. The quantitative estimate of drug-likeness (QED) is 0.753. The van der Waals surface area contributed by atoms with E-state index in [9.17, 15) is 4.79 Å². The van der Waals surface area contributed by atoms with E-state index >= 15 is 0 Å². The standard InChI is InChI=1S/C17H20N6O/c1-13(2)9-22-10-18-7-16(22)8-19-17(24)14-4-3-5-15(6-14)23-11-20-21-12-23/h3-7,10-13H,8-9H2,1-2H3,(H,19,24). The lowest BCUT2D eigenvalue weighted by Crippen LogP contribution is -2.24. The van der Waals surface area contributed by atoms with E-state index in [1.165, 1.54) is 0 Å². The van der Waals surface area contributed by atoms with Crippen LogP contribution in [0.3, 0.4) is 0 Å². The van der Waals surface area contributed by atoms with Gasteiger partial charge in [-0.05, 0) is 24.1 Å². The lowest BCUT2D eigenvalue weighted by Gasteiger charge is -2.11. The molecule has 1 N–H and O–H groups in total. The molecule has 0 aliphatic carbocycles. The maximum absolute atomic E-state index is 12.4. The number of aromatic nitrogens is 5. The molecule has 0 saturated heterocycles. The Labute approximate surface area is 140 Å². The molecule has 3 rings (SSSR count). The minimum absolute atomic E-state index is 0.123. The molecule has 2 aromatic heterocycles. The molecule has 3 aromatic rings. The molecule has 0 aliphatic heterocycles. The largest absolute Gasteiger partial charge is 0.346 e. The lowest BCUT2D eigenvalue weighted by atomic mass is 10.2. The SMILES string of the molecule is CC(C)Cn1cncc1CNC(=O)c1cccc(-n2cnnc2)c1. The number of benzene rings is 1. The maximum Gasteiger partial charge on any atom is 0.251 e. The van der Waals surface area contributed by atoms with Gasteiger partial charge in [0.2, 0.25) is 0 Å². The fraction of sp³-hybridized carbons (Fsp3) is 0.294. The van der Waals surface area contributed by atoms with Gasteiger partial charge in [-0.3, -0.25) is 9.36 Å². The van der Waals surface area contributed by atoms with Gasteiger partial charge in [0.05, 0.1) is 18.6 Å². The summed E-state index contributed by atoms with van der Waals surface area (Å²) < 4.78 is 3.83. The molecular weight excluding hydrogens is 304 g/mol. The van der Waals surface area contributed by atoms with Crippen LogP contribution in [0.4, 0.5) is 0 Å². The van der Waals surface area contributed by atoms with Crippen LogP contribution in [0.25, 0.3) is 5.69 Å². The summed E-state index contributed by atoms with van der Waals surface area (Å²) in [4.78, 5) is 16.6. The van der Waals surface area contributed by atoms with Crippen LogP contribution in [-0.2, 0) is 13.1 Å². The molecule has 0 saturated carbocycles. The topological polar surface area (TPSA) is 77.6 Å². The van der Waals surface area contributed by atoms with Gasteiger partial charge in [-0.15, -0.1) is 10.2 Å². The molecule has 0 atom stereocenters. The van der Waals surface area contributed by atoms with Crippen molar-refractivity contribution in [3.05, 3.63) is 60.7 Å². The summed E-state index contributed by atoms with van der Waals surface area (Å²) in [5.41, 5.74) is 2.43. The van der Waals surface area contributed by atoms with Crippen molar-refractivity contribution in [2.24, 2.45) is 5.92 Å². The molecule has 0 aliphatic rings. The maximum atomic E-state index is 12.4. The molecule has 1 amide bonds. The predicted molar refractivity (Wildman–Crippen MR) is 89.6 cm³/mol. The van der Waals surface area contributed by atoms with Crippen LogP contribution in [0.2, 0.25) is 0 Å². The van der Waals surface area contributed by atoms with Gasteiger partial charge >= 0.3 is 0 Å². The van der Waals surface area contributed by atoms with Gasteiger partial charge in [-0.2, -0.15) is 0 Å². The molecule has 2 heterocycles. The molecule has 0 fully saturated rings. The van der Waals surface area contributed by atoms with E-state index in [2.05, 4.69) is 38.9 Å². The first-order valence-corrected chi connectivity index (χ1v) is 7.86. The molecule has 124 valence electrons. The number of nitrogens with one attached hydrogen (secondary N) is 1. The molecule has 0 radical (unpaired) electrons. The van der Waals surface area contributed by atoms with Gasteiger partial charge in [-0.25, -0.2) is 4.98 Å². The van der Waals surface area contributed by atoms with Crippen LogP contribution in [-0.4, -0.2) is 30.2 Å². The smallest absolute Gasteiger partial charge is 0.251 e. The number of nitrogens with zero attached hydrogens (tertiary/aromatic N) is 5. The number of hydrogen-bond acceptors (Lipinski definition) is 4. The Morgan fingerprint density at radius 3 is 2.75 bits per heavy atom. The van der Waals surface area contributed by atoms with Gasteiger partial charge in [0, 0.05) is 24.0 Å². The highest BCUT2D eigenvalue weighted by Gasteiger charge is 2.09. The van der Waals surface area contributed by atoms with Crippen LogP contribution >= 0.6 is 0 Å². The molecule has 7 nitrogen and oxygen atoms in total. The summed E-state index contributed by atoms with van der Waals surface area (Å²) in [5, 5.41) is 10.5. The van der Waals surface area contributed by atoms with Crippen LogP contribution in [0.5, 0.6) is 0 Å². The fourth-order valence-electron chi connectivity index (χ4n) is 2.47. The monoisotopic (exact) mass is 324 g/mol. The normalized spacial score (nSPS) is 11.0. The zero-order valence-corrected chi connectivity index (χ0v) is 13.8.